The molecule has 1 fully saturated rings. The summed E-state index contributed by atoms with van der Waals surface area (Å²) in [5, 5.41) is 12.4. The van der Waals surface area contributed by atoms with Crippen LogP contribution in [0.5, 0.6) is 0 Å². The summed E-state index contributed by atoms with van der Waals surface area (Å²) in [5.41, 5.74) is -0.0394. The highest BCUT2D eigenvalue weighted by molar-refractivity contribution is 7.14. The van der Waals surface area contributed by atoms with Crippen LogP contribution in [0.2, 0.25) is 0 Å². The Bertz CT molecular complexity index is 518. The molecule has 20 heavy (non-hydrogen) atoms. The summed E-state index contributed by atoms with van der Waals surface area (Å²) in [7, 11) is 0. The second-order valence-electron chi connectivity index (χ2n) is 5.73. The molecule has 110 valence electrons. The zero-order chi connectivity index (χ0) is 14.9. The molecular weight excluding hydrogens is 274 g/mol. The molecular formula is C15H21NO3S. The number of carboxylic acid groups (broad SMARTS) is 1. The maximum Gasteiger partial charge on any atom is 0.329 e. The Morgan fingerprint density at radius 1 is 1.40 bits per heavy atom. The average Bonchev–Trinajstić information content (AvgIpc) is 2.72. The van der Waals surface area contributed by atoms with Gasteiger partial charge >= 0.3 is 5.97 Å². The minimum atomic E-state index is -1.11. The molecule has 1 saturated carbocycles. The molecule has 1 aromatic rings. The molecule has 2 rings (SSSR count). The third kappa shape index (κ3) is 2.59. The van der Waals surface area contributed by atoms with Crippen LogP contribution < -0.4 is 5.32 Å². The fraction of sp³-hybridized carbons (Fsp3) is 0.600. The molecule has 0 bridgehead atoms. The van der Waals surface area contributed by atoms with Crippen molar-refractivity contribution in [2.75, 3.05) is 0 Å². The van der Waals surface area contributed by atoms with Gasteiger partial charge in [-0.3, -0.25) is 4.79 Å². The third-order valence-corrected chi connectivity index (χ3v) is 5.56. The first-order chi connectivity index (χ1) is 9.36. The molecule has 1 aliphatic carbocycles. The van der Waals surface area contributed by atoms with Crippen LogP contribution in [0.1, 0.15) is 52.7 Å². The molecule has 1 heterocycles. The predicted molar refractivity (Wildman–Crippen MR) is 79.3 cm³/mol. The minimum absolute atomic E-state index is 0.0418. The molecule has 2 unspecified atom stereocenters. The first-order valence-electron chi connectivity index (χ1n) is 7.00. The van der Waals surface area contributed by atoms with Crippen molar-refractivity contribution in [3.63, 3.8) is 0 Å². The van der Waals surface area contributed by atoms with Crippen LogP contribution in [0.3, 0.4) is 0 Å². The van der Waals surface area contributed by atoms with E-state index in [1.807, 2.05) is 26.8 Å². The monoisotopic (exact) mass is 295 g/mol. The van der Waals surface area contributed by atoms with Crippen molar-refractivity contribution >= 4 is 23.2 Å². The second-order valence-corrected chi connectivity index (χ2v) is 6.98. The summed E-state index contributed by atoms with van der Waals surface area (Å²) < 4.78 is 0. The third-order valence-electron chi connectivity index (χ3n) is 4.41. The van der Waals surface area contributed by atoms with Crippen LogP contribution in [0.15, 0.2) is 6.07 Å². The number of carbonyl (C=O) groups is 2. The standard InChI is InChI=1S/C15H21NO3S/c1-9-8-12(20-11(9)3)13(17)16-15(14(18)19)7-5-4-6-10(15)2/h8,10H,4-7H2,1-3H3,(H,16,17)(H,18,19). The molecule has 2 N–H and O–H groups in total. The number of carboxylic acids is 1. The van der Waals surface area contributed by atoms with Crippen molar-refractivity contribution in [3.05, 3.63) is 21.4 Å². The molecule has 0 saturated heterocycles. The highest BCUT2D eigenvalue weighted by Crippen LogP contribution is 2.34. The van der Waals surface area contributed by atoms with Crippen molar-refractivity contribution in [1.82, 2.24) is 5.32 Å². The van der Waals surface area contributed by atoms with E-state index in [0.717, 1.165) is 29.7 Å². The molecule has 0 spiro atoms. The van der Waals surface area contributed by atoms with Gasteiger partial charge in [-0.05, 0) is 44.2 Å². The van der Waals surface area contributed by atoms with Gasteiger partial charge in [0, 0.05) is 4.88 Å². The van der Waals surface area contributed by atoms with E-state index in [1.54, 1.807) is 0 Å². The van der Waals surface area contributed by atoms with Crippen LogP contribution in [0.25, 0.3) is 0 Å². The molecule has 1 aliphatic rings. The Morgan fingerprint density at radius 3 is 2.60 bits per heavy atom. The van der Waals surface area contributed by atoms with Gasteiger partial charge in [-0.25, -0.2) is 4.79 Å². The van der Waals surface area contributed by atoms with E-state index < -0.39 is 11.5 Å². The van der Waals surface area contributed by atoms with Crippen molar-refractivity contribution in [2.45, 2.75) is 52.0 Å². The quantitative estimate of drug-likeness (QED) is 0.900. The number of thiophene rings is 1. The van der Waals surface area contributed by atoms with Crippen LogP contribution in [0.4, 0.5) is 0 Å². The van der Waals surface area contributed by atoms with E-state index in [1.165, 1.54) is 11.3 Å². The van der Waals surface area contributed by atoms with Crippen molar-refractivity contribution in [2.24, 2.45) is 5.92 Å². The number of hydrogen-bond donors (Lipinski definition) is 2. The Hall–Kier alpha value is -1.36. The topological polar surface area (TPSA) is 66.4 Å². The maximum atomic E-state index is 12.4. The zero-order valence-corrected chi connectivity index (χ0v) is 13.0. The molecule has 0 aliphatic heterocycles. The number of rotatable bonds is 3. The summed E-state index contributed by atoms with van der Waals surface area (Å²) in [6.07, 6.45) is 3.23. The number of hydrogen-bond acceptors (Lipinski definition) is 3. The zero-order valence-electron chi connectivity index (χ0n) is 12.2. The molecule has 5 heteroatoms. The van der Waals surface area contributed by atoms with E-state index in [9.17, 15) is 14.7 Å². The Labute approximate surface area is 123 Å². The number of carbonyl (C=O) groups excluding carboxylic acids is 1. The van der Waals surface area contributed by atoms with Gasteiger partial charge in [0.15, 0.2) is 0 Å². The first kappa shape index (κ1) is 15.0. The molecule has 0 radical (unpaired) electrons. The number of nitrogens with one attached hydrogen (secondary N) is 1. The molecule has 1 amide bonds. The SMILES string of the molecule is Cc1cc(C(=O)NC2(C(=O)O)CCCCC2C)sc1C. The Kier molecular flexibility index (Phi) is 4.18. The lowest BCUT2D eigenvalue weighted by atomic mass is 9.73. The maximum absolute atomic E-state index is 12.4. The number of aliphatic carboxylic acids is 1. The van der Waals surface area contributed by atoms with Crippen molar-refractivity contribution in [3.8, 4) is 0 Å². The molecule has 2 atom stereocenters. The lowest BCUT2D eigenvalue weighted by Crippen LogP contribution is -2.59. The average molecular weight is 295 g/mol. The number of amides is 1. The van der Waals surface area contributed by atoms with Crippen LogP contribution >= 0.6 is 11.3 Å². The molecule has 4 nitrogen and oxygen atoms in total. The second kappa shape index (κ2) is 5.56. The lowest BCUT2D eigenvalue weighted by molar-refractivity contribution is -0.148. The Balaban J connectivity index is 2.24. The van der Waals surface area contributed by atoms with Gasteiger partial charge in [-0.2, -0.15) is 0 Å². The van der Waals surface area contributed by atoms with E-state index in [2.05, 4.69) is 5.32 Å². The summed E-state index contributed by atoms with van der Waals surface area (Å²) in [5.74, 6) is -1.22. The summed E-state index contributed by atoms with van der Waals surface area (Å²) in [6, 6.07) is 1.83. The molecule has 1 aromatic heterocycles. The van der Waals surface area contributed by atoms with Gasteiger partial charge in [0.1, 0.15) is 5.54 Å². The smallest absolute Gasteiger partial charge is 0.329 e. The van der Waals surface area contributed by atoms with E-state index in [4.69, 9.17) is 0 Å². The minimum Gasteiger partial charge on any atom is -0.479 e. The highest BCUT2D eigenvalue weighted by atomic mass is 32.1. The lowest BCUT2D eigenvalue weighted by Gasteiger charge is -2.39. The van der Waals surface area contributed by atoms with E-state index in [-0.39, 0.29) is 11.8 Å². The predicted octanol–water partition coefficient (Wildman–Crippen LogP) is 3.13. The van der Waals surface area contributed by atoms with Gasteiger partial charge < -0.3 is 10.4 Å². The van der Waals surface area contributed by atoms with Gasteiger partial charge in [0.25, 0.3) is 5.91 Å². The van der Waals surface area contributed by atoms with Crippen molar-refractivity contribution < 1.29 is 14.7 Å². The highest BCUT2D eigenvalue weighted by Gasteiger charge is 2.46. The largest absolute Gasteiger partial charge is 0.479 e. The molecule has 0 aromatic carbocycles. The summed E-state index contributed by atoms with van der Waals surface area (Å²) >= 11 is 1.42. The van der Waals surface area contributed by atoms with Crippen LogP contribution in [-0.2, 0) is 4.79 Å². The first-order valence-corrected chi connectivity index (χ1v) is 7.81. The van der Waals surface area contributed by atoms with Gasteiger partial charge in [0.2, 0.25) is 0 Å². The number of aryl methyl sites for hydroxylation is 2. The van der Waals surface area contributed by atoms with Crippen LogP contribution in [0, 0.1) is 19.8 Å². The van der Waals surface area contributed by atoms with Gasteiger partial charge in [-0.1, -0.05) is 19.8 Å². The van der Waals surface area contributed by atoms with Gasteiger partial charge in [0.05, 0.1) is 4.88 Å². The Morgan fingerprint density at radius 2 is 2.10 bits per heavy atom. The normalized spacial score (nSPS) is 26.2. The van der Waals surface area contributed by atoms with E-state index >= 15 is 0 Å². The summed E-state index contributed by atoms with van der Waals surface area (Å²) in [6.45, 7) is 5.84. The van der Waals surface area contributed by atoms with Crippen LogP contribution in [-0.4, -0.2) is 22.5 Å². The summed E-state index contributed by atoms with van der Waals surface area (Å²) in [4.78, 5) is 25.8. The van der Waals surface area contributed by atoms with E-state index in [0.29, 0.717) is 11.3 Å². The van der Waals surface area contributed by atoms with Crippen molar-refractivity contribution in [1.29, 1.82) is 0 Å². The fourth-order valence-electron chi connectivity index (χ4n) is 2.85. The fourth-order valence-corrected chi connectivity index (χ4v) is 3.78. The van der Waals surface area contributed by atoms with Gasteiger partial charge in [-0.15, -0.1) is 11.3 Å².